The quantitative estimate of drug-likeness (QED) is 0.618. The van der Waals surface area contributed by atoms with Crippen molar-refractivity contribution in [3.8, 4) is 22.4 Å². The van der Waals surface area contributed by atoms with Crippen molar-refractivity contribution in [2.75, 3.05) is 0 Å². The summed E-state index contributed by atoms with van der Waals surface area (Å²) in [6, 6.07) is 11.5. The van der Waals surface area contributed by atoms with Gasteiger partial charge in [0.05, 0.1) is 11.9 Å². The Bertz CT molecular complexity index is 1060. The van der Waals surface area contributed by atoms with E-state index in [9.17, 15) is 4.79 Å². The molecule has 0 bridgehead atoms. The van der Waals surface area contributed by atoms with Crippen molar-refractivity contribution in [3.63, 3.8) is 0 Å². The summed E-state index contributed by atoms with van der Waals surface area (Å²) in [7, 11) is 1.84. The van der Waals surface area contributed by atoms with E-state index in [4.69, 9.17) is 4.98 Å². The van der Waals surface area contributed by atoms with Gasteiger partial charge >= 0.3 is 0 Å². The topological polar surface area (TPSA) is 68.0 Å². The van der Waals surface area contributed by atoms with Gasteiger partial charge in [-0.05, 0) is 12.5 Å². The van der Waals surface area contributed by atoms with E-state index in [0.717, 1.165) is 22.4 Å². The molecule has 0 radical (unpaired) electrons. The van der Waals surface area contributed by atoms with Crippen molar-refractivity contribution in [3.05, 3.63) is 64.8 Å². The highest BCUT2D eigenvalue weighted by Gasteiger charge is 2.15. The standard InChI is InChI=1S/C17H15N5O/c1-11-16(12-6-4-3-5-7-12)17-19-14(8-15(23)22(17)20-11)13-9-18-21(2)10-13/h3-10,20H,1-2H3. The number of aromatic nitrogens is 5. The predicted molar refractivity (Wildman–Crippen MR) is 88.2 cm³/mol. The fourth-order valence-corrected chi connectivity index (χ4v) is 2.80. The second kappa shape index (κ2) is 4.95. The maximum Gasteiger partial charge on any atom is 0.273 e. The van der Waals surface area contributed by atoms with Gasteiger partial charge in [-0.1, -0.05) is 30.3 Å². The van der Waals surface area contributed by atoms with Gasteiger partial charge in [0.15, 0.2) is 5.65 Å². The van der Waals surface area contributed by atoms with Crippen LogP contribution in [0.5, 0.6) is 0 Å². The zero-order valence-electron chi connectivity index (χ0n) is 12.8. The van der Waals surface area contributed by atoms with Gasteiger partial charge in [-0.3, -0.25) is 14.6 Å². The van der Waals surface area contributed by atoms with Crippen molar-refractivity contribution in [1.29, 1.82) is 0 Å². The van der Waals surface area contributed by atoms with E-state index < -0.39 is 0 Å². The average Bonchev–Trinajstić information content (AvgIpc) is 3.11. The maximum absolute atomic E-state index is 12.4. The first-order valence-corrected chi connectivity index (χ1v) is 7.30. The zero-order valence-corrected chi connectivity index (χ0v) is 12.8. The number of fused-ring (bicyclic) bond motifs is 1. The smallest absolute Gasteiger partial charge is 0.273 e. The van der Waals surface area contributed by atoms with Crippen LogP contribution >= 0.6 is 0 Å². The molecule has 0 saturated carbocycles. The van der Waals surface area contributed by atoms with Crippen LogP contribution in [0.15, 0.2) is 53.6 Å². The fraction of sp³-hybridized carbons (Fsp3) is 0.118. The number of nitrogens with one attached hydrogen (secondary N) is 1. The minimum atomic E-state index is -0.140. The van der Waals surface area contributed by atoms with Crippen molar-refractivity contribution in [2.45, 2.75) is 6.92 Å². The third-order valence-electron chi connectivity index (χ3n) is 3.86. The normalized spacial score (nSPS) is 11.2. The van der Waals surface area contributed by atoms with Gasteiger partial charge in [0.2, 0.25) is 0 Å². The fourth-order valence-electron chi connectivity index (χ4n) is 2.80. The largest absolute Gasteiger partial charge is 0.293 e. The molecule has 1 N–H and O–H groups in total. The molecule has 0 unspecified atom stereocenters. The molecule has 0 aliphatic heterocycles. The molecule has 6 nitrogen and oxygen atoms in total. The molecule has 114 valence electrons. The number of benzene rings is 1. The Morgan fingerprint density at radius 3 is 2.61 bits per heavy atom. The van der Waals surface area contributed by atoms with Gasteiger partial charge in [0, 0.05) is 36.1 Å². The Balaban J connectivity index is 2.03. The number of hydrogen-bond donors (Lipinski definition) is 1. The summed E-state index contributed by atoms with van der Waals surface area (Å²) >= 11 is 0. The lowest BCUT2D eigenvalue weighted by molar-refractivity contribution is 0.768. The molecule has 4 rings (SSSR count). The Labute approximate surface area is 132 Å². The van der Waals surface area contributed by atoms with Gasteiger partial charge in [-0.15, -0.1) is 0 Å². The lowest BCUT2D eigenvalue weighted by Gasteiger charge is -2.02. The van der Waals surface area contributed by atoms with E-state index in [1.165, 1.54) is 10.6 Å². The number of aryl methyl sites for hydroxylation is 2. The van der Waals surface area contributed by atoms with Crippen LogP contribution in [-0.2, 0) is 7.05 Å². The highest BCUT2D eigenvalue weighted by Crippen LogP contribution is 2.27. The summed E-state index contributed by atoms with van der Waals surface area (Å²) in [5.74, 6) is 0. The highest BCUT2D eigenvalue weighted by atomic mass is 16.1. The summed E-state index contributed by atoms with van der Waals surface area (Å²) in [5, 5.41) is 7.25. The van der Waals surface area contributed by atoms with Gasteiger partial charge < -0.3 is 0 Å². The molecule has 6 heteroatoms. The van der Waals surface area contributed by atoms with Crippen molar-refractivity contribution < 1.29 is 0 Å². The maximum atomic E-state index is 12.4. The lowest BCUT2D eigenvalue weighted by Crippen LogP contribution is -2.14. The number of nitrogens with zero attached hydrogens (tertiary/aromatic N) is 4. The SMILES string of the molecule is Cc1[nH]n2c(=O)cc(-c3cnn(C)c3)nc2c1-c1ccccc1. The molecule has 23 heavy (non-hydrogen) atoms. The van der Waals surface area contributed by atoms with Crippen LogP contribution < -0.4 is 5.56 Å². The average molecular weight is 305 g/mol. The molecule has 4 aromatic rings. The molecule has 0 saturated heterocycles. The predicted octanol–water partition coefficient (Wildman–Crippen LogP) is 2.40. The minimum absolute atomic E-state index is 0.140. The molecule has 0 atom stereocenters. The van der Waals surface area contributed by atoms with Crippen LogP contribution in [0.3, 0.4) is 0 Å². The second-order valence-electron chi connectivity index (χ2n) is 5.52. The first-order chi connectivity index (χ1) is 11.1. The third-order valence-corrected chi connectivity index (χ3v) is 3.86. The Morgan fingerprint density at radius 1 is 1.13 bits per heavy atom. The number of aromatic amines is 1. The molecule has 1 aromatic carbocycles. The summed E-state index contributed by atoms with van der Waals surface area (Å²) in [6.07, 6.45) is 3.56. The molecule has 3 heterocycles. The number of rotatable bonds is 2. The van der Waals surface area contributed by atoms with Gasteiger partial charge in [0.1, 0.15) is 0 Å². The van der Waals surface area contributed by atoms with Gasteiger partial charge in [0.25, 0.3) is 5.56 Å². The molecular weight excluding hydrogens is 290 g/mol. The van der Waals surface area contributed by atoms with Crippen LogP contribution in [0.25, 0.3) is 28.0 Å². The lowest BCUT2D eigenvalue weighted by atomic mass is 10.1. The summed E-state index contributed by atoms with van der Waals surface area (Å²) in [5.41, 5.74) is 4.81. The Morgan fingerprint density at radius 2 is 1.91 bits per heavy atom. The Hall–Kier alpha value is -3.15. The number of H-pyrrole nitrogens is 1. The van der Waals surface area contributed by atoms with E-state index in [0.29, 0.717) is 11.3 Å². The van der Waals surface area contributed by atoms with Crippen molar-refractivity contribution in [1.82, 2.24) is 24.4 Å². The van der Waals surface area contributed by atoms with E-state index >= 15 is 0 Å². The van der Waals surface area contributed by atoms with E-state index in [1.807, 2.05) is 50.5 Å². The zero-order chi connectivity index (χ0) is 16.0. The van der Waals surface area contributed by atoms with Crippen molar-refractivity contribution in [2.24, 2.45) is 7.05 Å². The molecule has 0 aliphatic carbocycles. The van der Waals surface area contributed by atoms with Gasteiger partial charge in [-0.25, -0.2) is 9.50 Å². The molecular formula is C17H15N5O. The molecule has 0 amide bonds. The number of hydrogen-bond acceptors (Lipinski definition) is 3. The minimum Gasteiger partial charge on any atom is -0.293 e. The van der Waals surface area contributed by atoms with E-state index in [2.05, 4.69) is 10.2 Å². The van der Waals surface area contributed by atoms with E-state index in [1.54, 1.807) is 10.9 Å². The first-order valence-electron chi connectivity index (χ1n) is 7.30. The van der Waals surface area contributed by atoms with Crippen molar-refractivity contribution >= 4 is 5.65 Å². The summed E-state index contributed by atoms with van der Waals surface area (Å²) < 4.78 is 3.18. The van der Waals surface area contributed by atoms with Gasteiger partial charge in [-0.2, -0.15) is 5.10 Å². The Kier molecular flexibility index (Phi) is 2.90. The second-order valence-corrected chi connectivity index (χ2v) is 5.52. The van der Waals surface area contributed by atoms with E-state index in [-0.39, 0.29) is 5.56 Å². The third kappa shape index (κ3) is 2.15. The monoisotopic (exact) mass is 305 g/mol. The molecule has 3 aromatic heterocycles. The van der Waals surface area contributed by atoms with Crippen LogP contribution in [0.2, 0.25) is 0 Å². The highest BCUT2D eigenvalue weighted by molar-refractivity contribution is 5.80. The summed E-state index contributed by atoms with van der Waals surface area (Å²) in [4.78, 5) is 17.1. The van der Waals surface area contributed by atoms with Crippen LogP contribution in [0.4, 0.5) is 0 Å². The molecule has 0 fully saturated rings. The summed E-state index contributed by atoms with van der Waals surface area (Å²) in [6.45, 7) is 1.94. The molecule has 0 spiro atoms. The van der Waals surface area contributed by atoms with Crippen LogP contribution in [0, 0.1) is 6.92 Å². The van der Waals surface area contributed by atoms with Crippen LogP contribution in [-0.4, -0.2) is 24.4 Å². The first kappa shape index (κ1) is 13.5. The van der Waals surface area contributed by atoms with Crippen LogP contribution in [0.1, 0.15) is 5.69 Å². The molecule has 0 aliphatic rings.